The van der Waals surface area contributed by atoms with Gasteiger partial charge in [0.2, 0.25) is 0 Å². The van der Waals surface area contributed by atoms with Crippen molar-refractivity contribution in [3.05, 3.63) is 48.0 Å². The third-order valence-electron chi connectivity index (χ3n) is 3.42. The molecule has 4 heteroatoms. The lowest BCUT2D eigenvalue weighted by molar-refractivity contribution is -0.131. The third-order valence-corrected chi connectivity index (χ3v) is 3.42. The van der Waals surface area contributed by atoms with Crippen LogP contribution in [0.5, 0.6) is 0 Å². The van der Waals surface area contributed by atoms with Crippen LogP contribution in [0.15, 0.2) is 42.5 Å². The first-order valence-electron chi connectivity index (χ1n) is 6.37. The minimum atomic E-state index is -0.996. The molecule has 1 saturated heterocycles. The quantitative estimate of drug-likeness (QED) is 0.609. The molecule has 2 rings (SSSR count). The second kappa shape index (κ2) is 5.99. The number of aliphatic carboxylic acids is 1. The fraction of sp³-hybridized carbons (Fsp3) is 0.400. The summed E-state index contributed by atoms with van der Waals surface area (Å²) in [6.45, 7) is 1.92. The molecule has 1 aliphatic heterocycles. The smallest absolute Gasteiger partial charge is 0.327 e. The van der Waals surface area contributed by atoms with E-state index in [1.807, 2.05) is 37.3 Å². The van der Waals surface area contributed by atoms with E-state index in [0.29, 0.717) is 6.42 Å². The van der Waals surface area contributed by atoms with Crippen molar-refractivity contribution in [2.45, 2.75) is 31.7 Å². The molecule has 1 aromatic rings. The van der Waals surface area contributed by atoms with Gasteiger partial charge in [0, 0.05) is 12.0 Å². The number of carboxylic acids is 1. The Kier molecular flexibility index (Phi) is 4.35. The Labute approximate surface area is 112 Å². The normalized spacial score (nSPS) is 25.2. The largest absolute Gasteiger partial charge is 0.478 e. The van der Waals surface area contributed by atoms with E-state index < -0.39 is 12.1 Å². The molecule has 4 nitrogen and oxygen atoms in total. The SMILES string of the molecule is C[C@@H]([C@@H](O)CC=CC(=O)O)[C@H]1OC1c1ccccc1. The Morgan fingerprint density at radius 3 is 2.74 bits per heavy atom. The van der Waals surface area contributed by atoms with Crippen molar-refractivity contribution >= 4 is 5.97 Å². The van der Waals surface area contributed by atoms with E-state index >= 15 is 0 Å². The van der Waals surface area contributed by atoms with Gasteiger partial charge in [-0.1, -0.05) is 43.3 Å². The number of carbonyl (C=O) groups is 1. The Hall–Kier alpha value is -1.65. The van der Waals surface area contributed by atoms with Crippen LogP contribution in [0.2, 0.25) is 0 Å². The van der Waals surface area contributed by atoms with Crippen molar-refractivity contribution in [3.8, 4) is 0 Å². The molecule has 1 aromatic carbocycles. The maximum Gasteiger partial charge on any atom is 0.327 e. The van der Waals surface area contributed by atoms with Crippen LogP contribution in [0.4, 0.5) is 0 Å². The lowest BCUT2D eigenvalue weighted by Gasteiger charge is -2.15. The van der Waals surface area contributed by atoms with Crippen molar-refractivity contribution in [3.63, 3.8) is 0 Å². The molecule has 1 aliphatic rings. The molecule has 102 valence electrons. The molecule has 0 spiro atoms. The first-order valence-corrected chi connectivity index (χ1v) is 6.37. The van der Waals surface area contributed by atoms with Crippen molar-refractivity contribution in [1.82, 2.24) is 0 Å². The van der Waals surface area contributed by atoms with Crippen LogP contribution in [-0.4, -0.2) is 28.4 Å². The van der Waals surface area contributed by atoms with E-state index in [1.165, 1.54) is 6.08 Å². The summed E-state index contributed by atoms with van der Waals surface area (Å²) in [4.78, 5) is 10.3. The summed E-state index contributed by atoms with van der Waals surface area (Å²) < 4.78 is 5.61. The second-order valence-electron chi connectivity index (χ2n) is 4.83. The van der Waals surface area contributed by atoms with Crippen molar-refractivity contribution in [1.29, 1.82) is 0 Å². The monoisotopic (exact) mass is 262 g/mol. The van der Waals surface area contributed by atoms with Crippen molar-refractivity contribution < 1.29 is 19.7 Å². The average Bonchev–Trinajstić information content (AvgIpc) is 3.18. The van der Waals surface area contributed by atoms with Gasteiger partial charge in [-0.3, -0.25) is 0 Å². The standard InChI is InChI=1S/C15H18O4/c1-10(12(16)8-5-9-13(17)18)14-15(19-14)11-6-3-2-4-7-11/h2-7,9-10,12,14-16H,8H2,1H3,(H,17,18)/t10-,12-,14+,15?/m0/s1. The molecule has 19 heavy (non-hydrogen) atoms. The van der Waals surface area contributed by atoms with Crippen LogP contribution in [0, 0.1) is 5.92 Å². The van der Waals surface area contributed by atoms with E-state index in [1.54, 1.807) is 0 Å². The van der Waals surface area contributed by atoms with Gasteiger partial charge in [-0.15, -0.1) is 0 Å². The Morgan fingerprint density at radius 2 is 2.11 bits per heavy atom. The summed E-state index contributed by atoms with van der Waals surface area (Å²) in [7, 11) is 0. The van der Waals surface area contributed by atoms with Crippen molar-refractivity contribution in [2.24, 2.45) is 5.92 Å². The highest BCUT2D eigenvalue weighted by molar-refractivity contribution is 5.79. The van der Waals surface area contributed by atoms with Gasteiger partial charge in [-0.05, 0) is 12.0 Å². The Bertz CT molecular complexity index is 454. The van der Waals surface area contributed by atoms with Gasteiger partial charge in [-0.25, -0.2) is 4.79 Å². The number of aliphatic hydroxyl groups is 1. The molecule has 2 N–H and O–H groups in total. The van der Waals surface area contributed by atoms with Crippen LogP contribution >= 0.6 is 0 Å². The second-order valence-corrected chi connectivity index (χ2v) is 4.83. The average molecular weight is 262 g/mol. The molecule has 0 aliphatic carbocycles. The van der Waals surface area contributed by atoms with Gasteiger partial charge in [0.1, 0.15) is 6.10 Å². The van der Waals surface area contributed by atoms with E-state index in [9.17, 15) is 9.90 Å². The summed E-state index contributed by atoms with van der Waals surface area (Å²) >= 11 is 0. The molecular formula is C15H18O4. The number of benzene rings is 1. The summed E-state index contributed by atoms with van der Waals surface area (Å²) in [6, 6.07) is 9.90. The molecule has 1 heterocycles. The number of epoxide rings is 1. The van der Waals surface area contributed by atoms with Crippen LogP contribution in [-0.2, 0) is 9.53 Å². The van der Waals surface area contributed by atoms with Gasteiger partial charge in [0.05, 0.1) is 12.2 Å². The molecule has 1 fully saturated rings. The highest BCUT2D eigenvalue weighted by Gasteiger charge is 2.45. The number of carboxylic acid groups (broad SMARTS) is 1. The fourth-order valence-electron chi connectivity index (χ4n) is 2.18. The predicted molar refractivity (Wildman–Crippen MR) is 70.6 cm³/mol. The van der Waals surface area contributed by atoms with Gasteiger partial charge >= 0.3 is 5.97 Å². The summed E-state index contributed by atoms with van der Waals surface area (Å²) in [5.74, 6) is -1.02. The number of rotatable bonds is 6. The molecule has 0 bridgehead atoms. The fourth-order valence-corrected chi connectivity index (χ4v) is 2.18. The molecular weight excluding hydrogens is 244 g/mol. The lowest BCUT2D eigenvalue weighted by Crippen LogP contribution is -2.22. The zero-order valence-corrected chi connectivity index (χ0v) is 10.8. The van der Waals surface area contributed by atoms with Crippen LogP contribution in [0.1, 0.15) is 25.0 Å². The summed E-state index contributed by atoms with van der Waals surface area (Å²) in [6.07, 6.45) is 2.33. The summed E-state index contributed by atoms with van der Waals surface area (Å²) in [5.41, 5.74) is 1.12. The molecule has 1 unspecified atom stereocenters. The van der Waals surface area contributed by atoms with E-state index in [-0.39, 0.29) is 18.1 Å². The van der Waals surface area contributed by atoms with Crippen LogP contribution in [0.25, 0.3) is 0 Å². The first kappa shape index (κ1) is 13.8. The van der Waals surface area contributed by atoms with E-state index in [2.05, 4.69) is 0 Å². The number of ether oxygens (including phenoxy) is 1. The van der Waals surface area contributed by atoms with Gasteiger partial charge < -0.3 is 14.9 Å². The molecule has 0 radical (unpaired) electrons. The zero-order valence-electron chi connectivity index (χ0n) is 10.8. The molecule has 0 aromatic heterocycles. The van der Waals surface area contributed by atoms with Gasteiger partial charge in [0.15, 0.2) is 0 Å². The number of hydrogen-bond donors (Lipinski definition) is 2. The van der Waals surface area contributed by atoms with Crippen molar-refractivity contribution in [2.75, 3.05) is 0 Å². The lowest BCUT2D eigenvalue weighted by atomic mass is 9.94. The molecule has 0 saturated carbocycles. The zero-order chi connectivity index (χ0) is 13.8. The topological polar surface area (TPSA) is 70.1 Å². The molecule has 4 atom stereocenters. The van der Waals surface area contributed by atoms with E-state index in [4.69, 9.17) is 9.84 Å². The molecule has 0 amide bonds. The highest BCUT2D eigenvalue weighted by atomic mass is 16.6. The van der Waals surface area contributed by atoms with Gasteiger partial charge in [0.25, 0.3) is 0 Å². The number of hydrogen-bond acceptors (Lipinski definition) is 3. The van der Waals surface area contributed by atoms with Crippen LogP contribution < -0.4 is 0 Å². The Morgan fingerprint density at radius 1 is 1.42 bits per heavy atom. The summed E-state index contributed by atoms with van der Waals surface area (Å²) in [5, 5.41) is 18.5. The van der Waals surface area contributed by atoms with Crippen LogP contribution in [0.3, 0.4) is 0 Å². The maximum absolute atomic E-state index is 10.3. The number of aliphatic hydroxyl groups excluding tert-OH is 1. The minimum Gasteiger partial charge on any atom is -0.478 e. The minimum absolute atomic E-state index is 0.00984. The highest BCUT2D eigenvalue weighted by Crippen LogP contribution is 2.44. The van der Waals surface area contributed by atoms with E-state index in [0.717, 1.165) is 11.6 Å². The first-order chi connectivity index (χ1) is 9.09. The third kappa shape index (κ3) is 3.66. The predicted octanol–water partition coefficient (Wildman–Crippen LogP) is 2.15. The Balaban J connectivity index is 1.85. The van der Waals surface area contributed by atoms with Gasteiger partial charge in [-0.2, -0.15) is 0 Å². The maximum atomic E-state index is 10.3.